The van der Waals surface area contributed by atoms with E-state index in [9.17, 15) is 5.11 Å². The highest BCUT2D eigenvalue weighted by Crippen LogP contribution is 2.33. The molecule has 2 heteroatoms. The van der Waals surface area contributed by atoms with Crippen molar-refractivity contribution < 1.29 is 9.84 Å². The number of hydrogen-bond donors (Lipinski definition) is 1. The molecule has 0 amide bonds. The Hall–Kier alpha value is -0.600. The summed E-state index contributed by atoms with van der Waals surface area (Å²) in [5.41, 5.74) is 1.13. The molecule has 0 radical (unpaired) electrons. The molecule has 1 fully saturated rings. The van der Waals surface area contributed by atoms with Gasteiger partial charge < -0.3 is 9.84 Å². The van der Waals surface area contributed by atoms with Gasteiger partial charge >= 0.3 is 0 Å². The molecule has 96 valence electrons. The molecule has 2 nitrogen and oxygen atoms in total. The summed E-state index contributed by atoms with van der Waals surface area (Å²) in [6.07, 6.45) is 10.0. The van der Waals surface area contributed by atoms with Crippen LogP contribution in [-0.2, 0) is 4.74 Å². The quantitative estimate of drug-likeness (QED) is 0.654. The van der Waals surface area contributed by atoms with Crippen LogP contribution in [0.1, 0.15) is 46.5 Å². The first-order valence-electron chi connectivity index (χ1n) is 6.59. The van der Waals surface area contributed by atoms with Gasteiger partial charge in [-0.3, -0.25) is 0 Å². The van der Waals surface area contributed by atoms with Crippen LogP contribution in [0.25, 0.3) is 0 Å². The van der Waals surface area contributed by atoms with Crippen molar-refractivity contribution in [2.45, 2.75) is 58.2 Å². The lowest BCUT2D eigenvalue weighted by atomic mass is 9.84. The van der Waals surface area contributed by atoms with Crippen LogP contribution in [0.15, 0.2) is 23.8 Å². The highest BCUT2D eigenvalue weighted by molar-refractivity contribution is 5.14. The van der Waals surface area contributed by atoms with Crippen molar-refractivity contribution >= 4 is 0 Å². The van der Waals surface area contributed by atoms with Gasteiger partial charge in [0.15, 0.2) is 0 Å². The minimum atomic E-state index is -0.511. The fourth-order valence-electron chi connectivity index (χ4n) is 2.46. The zero-order valence-corrected chi connectivity index (χ0v) is 11.2. The standard InChI is InChI=1S/C15H24O2/c1-14(2)8-4-9-15(3)13(16)6-5-12(7-10-14)11-17-15/h4,7,9,13,16H,5-6,8,10-11H2,1-3H3/b9-4-,12-7-. The van der Waals surface area contributed by atoms with Crippen molar-refractivity contribution in [1.29, 1.82) is 0 Å². The van der Waals surface area contributed by atoms with Gasteiger partial charge in [-0.25, -0.2) is 0 Å². The molecule has 17 heavy (non-hydrogen) atoms. The summed E-state index contributed by atoms with van der Waals surface area (Å²) < 4.78 is 5.91. The largest absolute Gasteiger partial charge is 0.390 e. The summed E-state index contributed by atoms with van der Waals surface area (Å²) in [5.74, 6) is 0. The summed E-state index contributed by atoms with van der Waals surface area (Å²) in [4.78, 5) is 0. The smallest absolute Gasteiger partial charge is 0.110 e. The van der Waals surface area contributed by atoms with Gasteiger partial charge in [0.05, 0.1) is 12.7 Å². The second kappa shape index (κ2) is 4.58. The number of aliphatic hydroxyl groups is 1. The first-order chi connectivity index (χ1) is 7.91. The SMILES string of the molecule is CC1(C)C/C=C\C2(C)OC/C(=C\C1)CCC2O. The normalized spacial score (nSPS) is 42.4. The summed E-state index contributed by atoms with van der Waals surface area (Å²) in [5, 5.41) is 10.2. The molecule has 0 spiro atoms. The van der Waals surface area contributed by atoms with Crippen molar-refractivity contribution in [1.82, 2.24) is 0 Å². The Morgan fingerprint density at radius 1 is 1.29 bits per heavy atom. The zero-order valence-electron chi connectivity index (χ0n) is 11.2. The predicted molar refractivity (Wildman–Crippen MR) is 69.8 cm³/mol. The highest BCUT2D eigenvalue weighted by atomic mass is 16.5. The summed E-state index contributed by atoms with van der Waals surface area (Å²) in [6, 6.07) is 0. The average molecular weight is 236 g/mol. The number of aliphatic hydroxyl groups excluding tert-OH is 1. The molecular formula is C15H24O2. The van der Waals surface area contributed by atoms with E-state index in [0.29, 0.717) is 12.0 Å². The van der Waals surface area contributed by atoms with Gasteiger partial charge in [0, 0.05) is 0 Å². The highest BCUT2D eigenvalue weighted by Gasteiger charge is 2.34. The lowest BCUT2D eigenvalue weighted by Crippen LogP contribution is -2.39. The monoisotopic (exact) mass is 236 g/mol. The Bertz CT molecular complexity index is 341. The number of allylic oxidation sites excluding steroid dienone is 2. The van der Waals surface area contributed by atoms with Crippen molar-refractivity contribution in [3.63, 3.8) is 0 Å². The van der Waals surface area contributed by atoms with Crippen molar-refractivity contribution in [3.05, 3.63) is 23.8 Å². The first-order valence-corrected chi connectivity index (χ1v) is 6.59. The number of rotatable bonds is 0. The van der Waals surface area contributed by atoms with E-state index >= 15 is 0 Å². The van der Waals surface area contributed by atoms with E-state index in [1.807, 2.05) is 6.92 Å². The molecule has 0 aromatic rings. The van der Waals surface area contributed by atoms with Gasteiger partial charge in [-0.2, -0.15) is 0 Å². The maximum absolute atomic E-state index is 10.2. The van der Waals surface area contributed by atoms with E-state index in [2.05, 4.69) is 32.1 Å². The third-order valence-electron chi connectivity index (χ3n) is 4.03. The Morgan fingerprint density at radius 2 is 2.06 bits per heavy atom. The van der Waals surface area contributed by atoms with Crippen LogP contribution in [0.5, 0.6) is 0 Å². The maximum atomic E-state index is 10.2. The molecule has 0 aromatic carbocycles. The first kappa shape index (κ1) is 12.8. The van der Waals surface area contributed by atoms with E-state index in [1.54, 1.807) is 0 Å². The summed E-state index contributed by atoms with van der Waals surface area (Å²) >= 11 is 0. The van der Waals surface area contributed by atoms with Crippen LogP contribution in [0.3, 0.4) is 0 Å². The summed E-state index contributed by atoms with van der Waals surface area (Å²) in [6.45, 7) is 7.23. The van der Waals surface area contributed by atoms with Gasteiger partial charge in [0.25, 0.3) is 0 Å². The van der Waals surface area contributed by atoms with E-state index in [0.717, 1.165) is 25.7 Å². The molecule has 0 aliphatic carbocycles. The lowest BCUT2D eigenvalue weighted by Gasteiger charge is -2.30. The Balaban J connectivity index is 2.31. The van der Waals surface area contributed by atoms with Crippen molar-refractivity contribution in [3.8, 4) is 0 Å². The van der Waals surface area contributed by atoms with Gasteiger partial charge in [-0.15, -0.1) is 0 Å². The van der Waals surface area contributed by atoms with Gasteiger partial charge in [0.1, 0.15) is 5.60 Å². The number of hydrogen-bond acceptors (Lipinski definition) is 2. The molecule has 2 bridgehead atoms. The molecular weight excluding hydrogens is 212 g/mol. The topological polar surface area (TPSA) is 29.5 Å². The Labute approximate surface area is 104 Å². The predicted octanol–water partition coefficient (Wildman–Crippen LogP) is 3.22. The molecule has 2 atom stereocenters. The van der Waals surface area contributed by atoms with Gasteiger partial charge in [-0.1, -0.05) is 32.1 Å². The van der Waals surface area contributed by atoms with Gasteiger partial charge in [-0.05, 0) is 43.6 Å². The molecule has 2 rings (SSSR count). The minimum Gasteiger partial charge on any atom is -0.390 e. The fraction of sp³-hybridized carbons (Fsp3) is 0.733. The van der Waals surface area contributed by atoms with Crippen LogP contribution in [0, 0.1) is 5.41 Å². The molecule has 1 N–H and O–H groups in total. The van der Waals surface area contributed by atoms with Crippen molar-refractivity contribution in [2.24, 2.45) is 5.41 Å². The van der Waals surface area contributed by atoms with Gasteiger partial charge in [0.2, 0.25) is 0 Å². The molecule has 1 saturated heterocycles. The average Bonchev–Trinajstić information content (AvgIpc) is 2.39. The van der Waals surface area contributed by atoms with E-state index in [4.69, 9.17) is 4.74 Å². The Morgan fingerprint density at radius 3 is 2.82 bits per heavy atom. The van der Waals surface area contributed by atoms with E-state index in [1.165, 1.54) is 5.57 Å². The molecule has 2 aliphatic heterocycles. The molecule has 2 unspecified atom stereocenters. The van der Waals surface area contributed by atoms with Crippen LogP contribution in [0.4, 0.5) is 0 Å². The number of fused-ring (bicyclic) bond motifs is 3. The third kappa shape index (κ3) is 2.99. The molecule has 0 saturated carbocycles. The maximum Gasteiger partial charge on any atom is 0.110 e. The zero-order chi connectivity index (χ0) is 12.5. The molecule has 2 heterocycles. The molecule has 2 aliphatic rings. The number of ether oxygens (including phenoxy) is 1. The fourth-order valence-corrected chi connectivity index (χ4v) is 2.46. The second-order valence-corrected chi connectivity index (χ2v) is 6.36. The van der Waals surface area contributed by atoms with E-state index < -0.39 is 11.7 Å². The van der Waals surface area contributed by atoms with Crippen molar-refractivity contribution in [2.75, 3.05) is 6.61 Å². The van der Waals surface area contributed by atoms with Crippen LogP contribution in [0.2, 0.25) is 0 Å². The third-order valence-corrected chi connectivity index (χ3v) is 4.03. The second-order valence-electron chi connectivity index (χ2n) is 6.36. The summed E-state index contributed by atoms with van der Waals surface area (Å²) in [7, 11) is 0. The van der Waals surface area contributed by atoms with Crippen LogP contribution < -0.4 is 0 Å². The van der Waals surface area contributed by atoms with Crippen LogP contribution in [-0.4, -0.2) is 23.4 Å². The molecule has 0 aromatic heterocycles. The minimum absolute atomic E-state index is 0.301. The van der Waals surface area contributed by atoms with Crippen LogP contribution >= 0.6 is 0 Å². The Kier molecular flexibility index (Phi) is 3.46. The lowest BCUT2D eigenvalue weighted by molar-refractivity contribution is -0.0655. The van der Waals surface area contributed by atoms with E-state index in [-0.39, 0.29) is 0 Å².